The molecule has 2 atom stereocenters. The molecule has 0 fully saturated rings. The molecule has 0 saturated heterocycles. The van der Waals surface area contributed by atoms with Gasteiger partial charge in [-0.2, -0.15) is 13.2 Å². The van der Waals surface area contributed by atoms with Gasteiger partial charge in [0.05, 0.1) is 11.5 Å². The Bertz CT molecular complexity index is 701. The lowest BCUT2D eigenvalue weighted by Gasteiger charge is -2.40. The van der Waals surface area contributed by atoms with Gasteiger partial charge in [0.2, 0.25) is 0 Å². The highest BCUT2D eigenvalue weighted by Crippen LogP contribution is 2.43. The van der Waals surface area contributed by atoms with Gasteiger partial charge in [-0.05, 0) is 30.3 Å². The Morgan fingerprint density at radius 1 is 1.32 bits per heavy atom. The number of amides is 1. The van der Waals surface area contributed by atoms with Gasteiger partial charge in [0.25, 0.3) is 0 Å². The molecule has 1 aromatic rings. The molecular weight excluding hydrogens is 409 g/mol. The number of rotatable bonds is 8. The van der Waals surface area contributed by atoms with Crippen molar-refractivity contribution in [2.24, 2.45) is 11.5 Å². The van der Waals surface area contributed by atoms with E-state index in [1.54, 1.807) is 0 Å². The fourth-order valence-corrected chi connectivity index (χ4v) is 4.40. The summed E-state index contributed by atoms with van der Waals surface area (Å²) in [6.07, 6.45) is -3.98. The molecular formula is C18H29F3N2O3SSi. The molecule has 0 aliphatic carbocycles. The summed E-state index contributed by atoms with van der Waals surface area (Å²) in [4.78, 5) is 11.9. The van der Waals surface area contributed by atoms with Crippen LogP contribution < -0.4 is 11.5 Å². The normalized spacial score (nSPS) is 16.3. The molecule has 160 valence electrons. The van der Waals surface area contributed by atoms with Crippen LogP contribution in [-0.4, -0.2) is 27.2 Å². The minimum atomic E-state index is -4.58. The highest BCUT2D eigenvalue weighted by Gasteiger charge is 2.44. The van der Waals surface area contributed by atoms with E-state index in [1.165, 1.54) is 18.2 Å². The fourth-order valence-electron chi connectivity index (χ4n) is 2.22. The monoisotopic (exact) mass is 438 g/mol. The predicted octanol–water partition coefficient (Wildman–Crippen LogP) is 5.20. The van der Waals surface area contributed by atoms with Crippen LogP contribution in [0.25, 0.3) is 0 Å². The number of nitrogens with two attached hydrogens (primary N) is 2. The number of carbonyl (C=O) groups excluding carboxylic acids is 1. The summed E-state index contributed by atoms with van der Waals surface area (Å²) in [6.45, 7) is 13.8. The number of thiophene rings is 1. The van der Waals surface area contributed by atoms with Crippen molar-refractivity contribution < 1.29 is 27.1 Å². The van der Waals surface area contributed by atoms with E-state index in [2.05, 4.69) is 27.4 Å². The first kappa shape index (κ1) is 24.7. The molecule has 1 amide bonds. The minimum absolute atomic E-state index is 0.0420. The standard InChI is InChI=1S/C18H29F3N2O3SSi/c1-7-10-17(26-15(23)24,11-25-28(5,6)16(2,3)4)13-9-8-12(27-13)14(22)18(19,20)21/h7-9,14H,1,10-11,22H2,2-6H3,(H2,23,24)/t14-,17-/m1/s1. The number of carbonyl (C=O) groups is 1. The number of halogens is 3. The molecule has 0 aliphatic heterocycles. The highest BCUT2D eigenvalue weighted by molar-refractivity contribution is 7.12. The average molecular weight is 439 g/mol. The third-order valence-corrected chi connectivity index (χ3v) is 10.8. The summed E-state index contributed by atoms with van der Waals surface area (Å²) in [7, 11) is -2.24. The lowest BCUT2D eigenvalue weighted by atomic mass is 9.98. The largest absolute Gasteiger partial charge is 0.435 e. The Kier molecular flexibility index (Phi) is 7.54. The van der Waals surface area contributed by atoms with Gasteiger partial charge in [0, 0.05) is 11.3 Å². The fraction of sp³-hybridized carbons (Fsp3) is 0.611. The van der Waals surface area contributed by atoms with Gasteiger partial charge in [-0.1, -0.05) is 26.8 Å². The third kappa shape index (κ3) is 5.82. The van der Waals surface area contributed by atoms with E-state index in [0.717, 1.165) is 11.3 Å². The highest BCUT2D eigenvalue weighted by atomic mass is 32.1. The molecule has 0 spiro atoms. The van der Waals surface area contributed by atoms with Crippen LogP contribution in [0.1, 0.15) is 43.0 Å². The summed E-state index contributed by atoms with van der Waals surface area (Å²) in [5.74, 6) is 0. The van der Waals surface area contributed by atoms with Gasteiger partial charge < -0.3 is 20.6 Å². The van der Waals surface area contributed by atoms with Crippen LogP contribution in [0.15, 0.2) is 24.8 Å². The van der Waals surface area contributed by atoms with Crippen molar-refractivity contribution in [2.75, 3.05) is 6.61 Å². The van der Waals surface area contributed by atoms with Gasteiger partial charge in [-0.3, -0.25) is 0 Å². The van der Waals surface area contributed by atoms with E-state index in [9.17, 15) is 18.0 Å². The zero-order valence-corrected chi connectivity index (χ0v) is 18.7. The van der Waals surface area contributed by atoms with Crippen LogP contribution >= 0.6 is 11.3 Å². The van der Waals surface area contributed by atoms with Crippen molar-refractivity contribution >= 4 is 25.7 Å². The van der Waals surface area contributed by atoms with Crippen LogP contribution in [0.2, 0.25) is 18.1 Å². The summed E-state index contributed by atoms with van der Waals surface area (Å²) >= 11 is 0.825. The van der Waals surface area contributed by atoms with Crippen molar-refractivity contribution in [1.29, 1.82) is 0 Å². The van der Waals surface area contributed by atoms with Gasteiger partial charge in [0.1, 0.15) is 6.04 Å². The maximum absolute atomic E-state index is 13.0. The first-order chi connectivity index (χ1) is 12.6. The van der Waals surface area contributed by atoms with Crippen LogP contribution in [-0.2, 0) is 14.8 Å². The minimum Gasteiger partial charge on any atom is -0.435 e. The van der Waals surface area contributed by atoms with Gasteiger partial charge in [-0.15, -0.1) is 17.9 Å². The van der Waals surface area contributed by atoms with Crippen molar-refractivity contribution in [3.8, 4) is 0 Å². The maximum atomic E-state index is 13.0. The Balaban J connectivity index is 3.34. The number of primary amides is 1. The molecule has 0 aromatic carbocycles. The molecule has 4 N–H and O–H groups in total. The smallest absolute Gasteiger partial charge is 0.408 e. The second-order valence-electron chi connectivity index (χ2n) is 8.18. The Labute approximate surface area is 169 Å². The van der Waals surface area contributed by atoms with Crippen LogP contribution in [0.4, 0.5) is 18.0 Å². The molecule has 0 saturated carbocycles. The van der Waals surface area contributed by atoms with Crippen molar-refractivity contribution in [2.45, 2.75) is 63.1 Å². The zero-order chi connectivity index (χ0) is 22.0. The number of hydrogen-bond donors (Lipinski definition) is 2. The quantitative estimate of drug-likeness (QED) is 0.431. The van der Waals surface area contributed by atoms with E-state index >= 15 is 0 Å². The summed E-state index contributed by atoms with van der Waals surface area (Å²) < 4.78 is 50.5. The molecule has 10 heteroatoms. The van der Waals surface area contributed by atoms with Crippen LogP contribution in [0, 0.1) is 0 Å². The van der Waals surface area contributed by atoms with Gasteiger partial charge in [0.15, 0.2) is 13.9 Å². The summed E-state index contributed by atoms with van der Waals surface area (Å²) in [5, 5.41) is -0.112. The van der Waals surface area contributed by atoms with Crippen LogP contribution in [0.3, 0.4) is 0 Å². The number of alkyl halides is 3. The molecule has 0 radical (unpaired) electrons. The van der Waals surface area contributed by atoms with E-state index in [1.807, 2.05) is 13.1 Å². The molecule has 0 unspecified atom stereocenters. The van der Waals surface area contributed by atoms with E-state index < -0.39 is 32.2 Å². The van der Waals surface area contributed by atoms with Crippen molar-refractivity contribution in [3.63, 3.8) is 0 Å². The van der Waals surface area contributed by atoms with Crippen molar-refractivity contribution in [1.82, 2.24) is 0 Å². The van der Waals surface area contributed by atoms with Gasteiger partial charge in [-0.25, -0.2) is 4.79 Å². The molecule has 0 aliphatic rings. The van der Waals surface area contributed by atoms with Crippen LogP contribution in [0.5, 0.6) is 0 Å². The van der Waals surface area contributed by atoms with E-state index in [-0.39, 0.29) is 22.9 Å². The third-order valence-electron chi connectivity index (χ3n) is 4.98. The predicted molar refractivity (Wildman–Crippen MR) is 108 cm³/mol. The first-order valence-corrected chi connectivity index (χ1v) is 12.4. The van der Waals surface area contributed by atoms with Gasteiger partial charge >= 0.3 is 12.3 Å². The maximum Gasteiger partial charge on any atom is 0.408 e. The number of hydrogen-bond acceptors (Lipinski definition) is 5. The summed E-state index contributed by atoms with van der Waals surface area (Å²) in [6, 6.07) is 0.627. The molecule has 1 aromatic heterocycles. The molecule has 5 nitrogen and oxygen atoms in total. The first-order valence-electron chi connectivity index (χ1n) is 8.71. The van der Waals surface area contributed by atoms with Crippen molar-refractivity contribution in [3.05, 3.63) is 34.5 Å². The lowest BCUT2D eigenvalue weighted by Crippen LogP contribution is -2.47. The second-order valence-corrected chi connectivity index (χ2v) is 14.1. The number of ether oxygens (including phenoxy) is 1. The SMILES string of the molecule is C=CC[C@](CO[Si](C)(C)C(C)(C)C)(OC(N)=O)c1ccc([C@@H](N)C(F)(F)F)s1. The summed E-state index contributed by atoms with van der Waals surface area (Å²) in [5.41, 5.74) is 9.22. The zero-order valence-electron chi connectivity index (χ0n) is 16.9. The lowest BCUT2D eigenvalue weighted by molar-refractivity contribution is -0.148. The average Bonchev–Trinajstić information content (AvgIpc) is 3.00. The molecule has 1 heterocycles. The Hall–Kier alpha value is -1.36. The van der Waals surface area contributed by atoms with E-state index in [4.69, 9.17) is 20.6 Å². The molecule has 1 rings (SSSR count). The molecule has 0 bridgehead atoms. The Morgan fingerprint density at radius 3 is 2.32 bits per heavy atom. The van der Waals surface area contributed by atoms with E-state index in [0.29, 0.717) is 4.88 Å². The molecule has 28 heavy (non-hydrogen) atoms. The Morgan fingerprint density at radius 2 is 1.89 bits per heavy atom. The topological polar surface area (TPSA) is 87.6 Å². The second kappa shape index (κ2) is 8.56.